The average molecular weight is 392 g/mol. The molecule has 0 atom stereocenters. The highest BCUT2D eigenvalue weighted by atomic mass is 35.5. The molecule has 28 heavy (non-hydrogen) atoms. The molecule has 0 spiro atoms. The van der Waals surface area contributed by atoms with E-state index in [1.165, 1.54) is 16.5 Å². The quantitative estimate of drug-likeness (QED) is 0.500. The Kier molecular flexibility index (Phi) is 4.67. The van der Waals surface area contributed by atoms with Crippen LogP contribution in [0.3, 0.4) is 0 Å². The van der Waals surface area contributed by atoms with Gasteiger partial charge in [0.15, 0.2) is 0 Å². The van der Waals surface area contributed by atoms with Gasteiger partial charge in [-0.25, -0.2) is 4.98 Å². The van der Waals surface area contributed by atoms with Crippen LogP contribution in [-0.4, -0.2) is 28.8 Å². The van der Waals surface area contributed by atoms with Crippen molar-refractivity contribution in [1.29, 1.82) is 0 Å². The first-order valence-electron chi connectivity index (χ1n) is 9.74. The third kappa shape index (κ3) is 3.34. The van der Waals surface area contributed by atoms with E-state index >= 15 is 0 Å². The third-order valence-corrected chi connectivity index (χ3v) is 5.65. The minimum absolute atomic E-state index is 0.405. The summed E-state index contributed by atoms with van der Waals surface area (Å²) in [6, 6.07) is 19.0. The van der Waals surface area contributed by atoms with E-state index in [-0.39, 0.29) is 0 Å². The van der Waals surface area contributed by atoms with Crippen molar-refractivity contribution in [2.24, 2.45) is 0 Å². The minimum atomic E-state index is 0.405. The van der Waals surface area contributed by atoms with Gasteiger partial charge >= 0.3 is 0 Å². The number of rotatable bonds is 4. The van der Waals surface area contributed by atoms with Crippen LogP contribution in [0.2, 0.25) is 5.02 Å². The normalized spacial score (nSPS) is 15.3. The van der Waals surface area contributed by atoms with E-state index in [1.54, 1.807) is 0 Å². The Bertz CT molecular complexity index is 1130. The van der Waals surface area contributed by atoms with Crippen molar-refractivity contribution >= 4 is 39.2 Å². The van der Waals surface area contributed by atoms with Crippen LogP contribution >= 0.6 is 11.6 Å². The number of aromatic nitrogens is 2. The fraction of sp³-hybridized carbons (Fsp3) is 0.261. The minimum Gasteiger partial charge on any atom is -0.381 e. The first-order chi connectivity index (χ1) is 13.8. The highest BCUT2D eigenvalue weighted by Gasteiger charge is 2.18. The van der Waals surface area contributed by atoms with Crippen LogP contribution in [0, 0.1) is 0 Å². The molecule has 3 heterocycles. The van der Waals surface area contributed by atoms with Crippen molar-refractivity contribution in [3.8, 4) is 0 Å². The predicted octanol–water partition coefficient (Wildman–Crippen LogP) is 5.48. The van der Waals surface area contributed by atoms with E-state index in [0.717, 1.165) is 54.3 Å². The topological polar surface area (TPSA) is 39.1 Å². The zero-order chi connectivity index (χ0) is 18.9. The molecule has 1 saturated heterocycles. The van der Waals surface area contributed by atoms with Crippen molar-refractivity contribution < 1.29 is 4.74 Å². The largest absolute Gasteiger partial charge is 0.381 e. The van der Waals surface area contributed by atoms with Crippen molar-refractivity contribution in [3.63, 3.8) is 0 Å². The van der Waals surface area contributed by atoms with Gasteiger partial charge in [0, 0.05) is 47.8 Å². The summed E-state index contributed by atoms with van der Waals surface area (Å²) in [7, 11) is 0. The Hall–Kier alpha value is -2.56. The summed E-state index contributed by atoms with van der Waals surface area (Å²) in [5.74, 6) is 0.963. The number of fused-ring (bicyclic) bond motifs is 3. The van der Waals surface area contributed by atoms with Gasteiger partial charge in [-0.15, -0.1) is 0 Å². The number of para-hydroxylation sites is 1. The van der Waals surface area contributed by atoms with Crippen molar-refractivity contribution in [3.05, 3.63) is 71.4 Å². The number of nitrogens with zero attached hydrogens (tertiary/aromatic N) is 2. The number of ether oxygens (including phenoxy) is 1. The molecule has 0 saturated carbocycles. The molecule has 142 valence electrons. The molecule has 1 aliphatic rings. The summed E-state index contributed by atoms with van der Waals surface area (Å²) < 4.78 is 7.79. The predicted molar refractivity (Wildman–Crippen MR) is 115 cm³/mol. The first-order valence-corrected chi connectivity index (χ1v) is 10.1. The molecule has 2 aromatic heterocycles. The maximum atomic E-state index is 6.19. The van der Waals surface area contributed by atoms with E-state index in [9.17, 15) is 0 Å². The molecule has 0 unspecified atom stereocenters. The van der Waals surface area contributed by atoms with E-state index in [4.69, 9.17) is 21.3 Å². The van der Waals surface area contributed by atoms with Crippen LogP contribution in [0.25, 0.3) is 21.8 Å². The second kappa shape index (κ2) is 7.46. The number of pyridine rings is 1. The molecular formula is C23H22ClN3O. The van der Waals surface area contributed by atoms with Gasteiger partial charge in [-0.1, -0.05) is 41.9 Å². The second-order valence-electron chi connectivity index (χ2n) is 7.34. The standard InChI is InChI=1S/C23H22ClN3O/c24-17-5-3-4-16(14-17)15-27-11-8-20-22(27)19-6-1-2-7-21(19)26-23(20)25-18-9-12-28-13-10-18/h1-8,11,14,18H,9-10,12-13,15H2,(H,25,26). The van der Waals surface area contributed by atoms with E-state index in [2.05, 4.69) is 46.4 Å². The fourth-order valence-corrected chi connectivity index (χ4v) is 4.24. The maximum absolute atomic E-state index is 6.19. The lowest BCUT2D eigenvalue weighted by molar-refractivity contribution is 0.0904. The molecule has 0 radical (unpaired) electrons. The highest BCUT2D eigenvalue weighted by Crippen LogP contribution is 2.32. The molecule has 0 amide bonds. The molecule has 5 rings (SSSR count). The number of benzene rings is 2. The summed E-state index contributed by atoms with van der Waals surface area (Å²) in [5.41, 5.74) is 3.40. The summed E-state index contributed by atoms with van der Waals surface area (Å²) in [4.78, 5) is 4.95. The highest BCUT2D eigenvalue weighted by molar-refractivity contribution is 6.30. The van der Waals surface area contributed by atoms with E-state index < -0.39 is 0 Å². The fourth-order valence-electron chi connectivity index (χ4n) is 4.02. The van der Waals surface area contributed by atoms with Gasteiger partial charge in [0.25, 0.3) is 0 Å². The van der Waals surface area contributed by atoms with Crippen LogP contribution in [0.4, 0.5) is 5.82 Å². The molecule has 2 aromatic carbocycles. The molecule has 0 aliphatic carbocycles. The number of halogens is 1. The molecule has 1 N–H and O–H groups in total. The van der Waals surface area contributed by atoms with E-state index in [0.29, 0.717) is 6.04 Å². The first kappa shape index (κ1) is 17.5. The summed E-state index contributed by atoms with van der Waals surface area (Å²) in [6.45, 7) is 2.39. The zero-order valence-electron chi connectivity index (χ0n) is 15.6. The second-order valence-corrected chi connectivity index (χ2v) is 7.78. The van der Waals surface area contributed by atoms with Crippen molar-refractivity contribution in [2.75, 3.05) is 18.5 Å². The number of hydrogen-bond donors (Lipinski definition) is 1. The Balaban J connectivity index is 1.62. The maximum Gasteiger partial charge on any atom is 0.136 e. The lowest BCUT2D eigenvalue weighted by Gasteiger charge is -2.24. The van der Waals surface area contributed by atoms with Crippen LogP contribution < -0.4 is 5.32 Å². The Labute approximate surface area is 169 Å². The van der Waals surface area contributed by atoms with Crippen LogP contribution in [0.15, 0.2) is 60.8 Å². The smallest absolute Gasteiger partial charge is 0.136 e. The van der Waals surface area contributed by atoms with Crippen LogP contribution in [0.5, 0.6) is 0 Å². The summed E-state index contributed by atoms with van der Waals surface area (Å²) in [5, 5.41) is 6.77. The zero-order valence-corrected chi connectivity index (χ0v) is 16.3. The molecule has 4 aromatic rings. The van der Waals surface area contributed by atoms with Gasteiger partial charge < -0.3 is 14.6 Å². The summed E-state index contributed by atoms with van der Waals surface area (Å²) >= 11 is 6.19. The molecule has 4 nitrogen and oxygen atoms in total. The van der Waals surface area contributed by atoms with Gasteiger partial charge in [0.1, 0.15) is 5.82 Å². The monoisotopic (exact) mass is 391 g/mol. The number of nitrogens with one attached hydrogen (secondary N) is 1. The van der Waals surface area contributed by atoms with Gasteiger partial charge in [0.2, 0.25) is 0 Å². The molecular weight excluding hydrogens is 370 g/mol. The van der Waals surface area contributed by atoms with Crippen molar-refractivity contribution in [1.82, 2.24) is 9.55 Å². The SMILES string of the molecule is Clc1cccc(Cn2ccc3c(NC4CCOCC4)nc4ccccc4c32)c1. The van der Waals surface area contributed by atoms with Gasteiger partial charge in [0.05, 0.1) is 11.0 Å². The lowest BCUT2D eigenvalue weighted by Crippen LogP contribution is -2.28. The van der Waals surface area contributed by atoms with E-state index in [1.807, 2.05) is 24.3 Å². The van der Waals surface area contributed by atoms with Crippen molar-refractivity contribution in [2.45, 2.75) is 25.4 Å². The molecule has 5 heteroatoms. The lowest BCUT2D eigenvalue weighted by atomic mass is 10.1. The third-order valence-electron chi connectivity index (χ3n) is 5.41. The van der Waals surface area contributed by atoms with Gasteiger partial charge in [-0.05, 0) is 42.7 Å². The molecule has 0 bridgehead atoms. The Morgan fingerprint density at radius 2 is 1.89 bits per heavy atom. The number of anilines is 1. The van der Waals surface area contributed by atoms with Gasteiger partial charge in [-0.2, -0.15) is 0 Å². The summed E-state index contributed by atoms with van der Waals surface area (Å²) in [6.07, 6.45) is 4.17. The molecule has 1 fully saturated rings. The van der Waals surface area contributed by atoms with Gasteiger partial charge in [-0.3, -0.25) is 0 Å². The Morgan fingerprint density at radius 3 is 2.75 bits per heavy atom. The average Bonchev–Trinajstić information content (AvgIpc) is 3.13. The molecule has 1 aliphatic heterocycles. The number of hydrogen-bond acceptors (Lipinski definition) is 3. The van der Waals surface area contributed by atoms with Crippen LogP contribution in [0.1, 0.15) is 18.4 Å². The Morgan fingerprint density at radius 1 is 1.04 bits per heavy atom. The van der Waals surface area contributed by atoms with Crippen LogP contribution in [-0.2, 0) is 11.3 Å².